The van der Waals surface area contributed by atoms with E-state index in [9.17, 15) is 4.79 Å². The van der Waals surface area contributed by atoms with Crippen LogP contribution in [0.25, 0.3) is 10.8 Å². The minimum Gasteiger partial charge on any atom is -0.337 e. The van der Waals surface area contributed by atoms with Crippen LogP contribution in [-0.4, -0.2) is 32.7 Å². The summed E-state index contributed by atoms with van der Waals surface area (Å²) >= 11 is 0. The van der Waals surface area contributed by atoms with Gasteiger partial charge in [0.2, 0.25) is 0 Å². The number of unbranched alkanes of at least 4 members (excludes halogenated alkanes) is 1. The molecule has 1 aliphatic heterocycles. The molecular weight excluding hydrogens is 384 g/mol. The van der Waals surface area contributed by atoms with Crippen molar-refractivity contribution in [3.8, 4) is 0 Å². The standard InChI is InChI=1S/C26H24N4O/c1-19-10-12-21(13-11-19)26(31)30(16-3-2-15-29-17-14-27-18-29)25-22-8-4-6-20-7-5-9-23(28-25)24(20)22/h4-14,17-18H,2-3,15-16H2,1H3. The highest BCUT2D eigenvalue weighted by Crippen LogP contribution is 2.36. The molecule has 0 unspecified atom stereocenters. The van der Waals surface area contributed by atoms with Crippen molar-refractivity contribution in [1.29, 1.82) is 0 Å². The molecule has 0 N–H and O–H groups in total. The molecule has 0 aliphatic carbocycles. The summed E-state index contributed by atoms with van der Waals surface area (Å²) in [7, 11) is 0. The van der Waals surface area contributed by atoms with E-state index in [1.807, 2.05) is 66.8 Å². The average Bonchev–Trinajstić information content (AvgIpc) is 3.44. The van der Waals surface area contributed by atoms with Crippen molar-refractivity contribution in [2.75, 3.05) is 6.54 Å². The van der Waals surface area contributed by atoms with Crippen LogP contribution in [0.3, 0.4) is 0 Å². The normalized spacial score (nSPS) is 12.2. The lowest BCUT2D eigenvalue weighted by molar-refractivity contribution is 0.0846. The van der Waals surface area contributed by atoms with E-state index in [0.29, 0.717) is 12.1 Å². The van der Waals surface area contributed by atoms with E-state index in [1.165, 1.54) is 0 Å². The number of benzene rings is 3. The molecule has 0 saturated carbocycles. The number of aliphatic imine (C=N–C) groups is 1. The van der Waals surface area contributed by atoms with Gasteiger partial charge in [0.05, 0.1) is 12.0 Å². The van der Waals surface area contributed by atoms with Gasteiger partial charge in [-0.15, -0.1) is 0 Å². The average molecular weight is 409 g/mol. The summed E-state index contributed by atoms with van der Waals surface area (Å²) in [6.45, 7) is 3.53. The summed E-state index contributed by atoms with van der Waals surface area (Å²) in [5, 5.41) is 2.27. The van der Waals surface area contributed by atoms with E-state index in [0.717, 1.165) is 52.8 Å². The molecule has 154 valence electrons. The van der Waals surface area contributed by atoms with Gasteiger partial charge < -0.3 is 4.57 Å². The zero-order valence-electron chi connectivity index (χ0n) is 17.5. The molecule has 5 nitrogen and oxygen atoms in total. The number of rotatable bonds is 6. The smallest absolute Gasteiger partial charge is 0.259 e. The first-order valence-corrected chi connectivity index (χ1v) is 10.7. The van der Waals surface area contributed by atoms with Gasteiger partial charge >= 0.3 is 0 Å². The molecule has 2 heterocycles. The zero-order chi connectivity index (χ0) is 21.2. The van der Waals surface area contributed by atoms with Crippen molar-refractivity contribution >= 4 is 28.2 Å². The second kappa shape index (κ2) is 8.19. The van der Waals surface area contributed by atoms with E-state index in [1.54, 1.807) is 6.20 Å². The highest BCUT2D eigenvalue weighted by Gasteiger charge is 2.27. The van der Waals surface area contributed by atoms with Crippen LogP contribution >= 0.6 is 0 Å². The van der Waals surface area contributed by atoms with Crippen molar-refractivity contribution < 1.29 is 4.79 Å². The first-order chi connectivity index (χ1) is 15.2. The molecule has 0 spiro atoms. The molecule has 0 saturated heterocycles. The summed E-state index contributed by atoms with van der Waals surface area (Å²) in [5.74, 6) is 0.742. The van der Waals surface area contributed by atoms with Crippen LogP contribution in [0.5, 0.6) is 0 Å². The number of carbonyl (C=O) groups is 1. The van der Waals surface area contributed by atoms with E-state index < -0.39 is 0 Å². The van der Waals surface area contributed by atoms with Crippen LogP contribution < -0.4 is 0 Å². The Kier molecular flexibility index (Phi) is 5.08. The molecule has 0 fully saturated rings. The summed E-state index contributed by atoms with van der Waals surface area (Å²) in [6, 6.07) is 20.1. The van der Waals surface area contributed by atoms with Crippen LogP contribution in [0.1, 0.15) is 34.3 Å². The topological polar surface area (TPSA) is 50.5 Å². The molecule has 1 aromatic heterocycles. The van der Waals surface area contributed by atoms with E-state index in [4.69, 9.17) is 4.99 Å². The summed E-state index contributed by atoms with van der Waals surface area (Å²) in [5.41, 5.74) is 3.79. The number of aryl methyl sites for hydroxylation is 2. The molecule has 1 aliphatic rings. The van der Waals surface area contributed by atoms with Gasteiger partial charge in [-0.2, -0.15) is 0 Å². The number of aromatic nitrogens is 2. The molecule has 31 heavy (non-hydrogen) atoms. The van der Waals surface area contributed by atoms with Gasteiger partial charge in [-0.3, -0.25) is 9.69 Å². The van der Waals surface area contributed by atoms with Crippen LogP contribution in [0.4, 0.5) is 5.69 Å². The monoisotopic (exact) mass is 408 g/mol. The van der Waals surface area contributed by atoms with Crippen LogP contribution in [0, 0.1) is 6.92 Å². The largest absolute Gasteiger partial charge is 0.337 e. The number of nitrogens with zero attached hydrogens (tertiary/aromatic N) is 4. The highest BCUT2D eigenvalue weighted by molar-refractivity contribution is 6.23. The number of hydrogen-bond acceptors (Lipinski definition) is 3. The maximum absolute atomic E-state index is 13.6. The highest BCUT2D eigenvalue weighted by atomic mass is 16.2. The fraction of sp³-hybridized carbons (Fsp3) is 0.192. The lowest BCUT2D eigenvalue weighted by atomic mass is 10.0. The van der Waals surface area contributed by atoms with Gasteiger partial charge in [0.15, 0.2) is 0 Å². The second-order valence-corrected chi connectivity index (χ2v) is 7.95. The molecular formula is C26H24N4O. The number of hydrogen-bond donors (Lipinski definition) is 0. The first kappa shape index (κ1) is 19.2. The lowest BCUT2D eigenvalue weighted by Crippen LogP contribution is -2.37. The number of imidazole rings is 1. The summed E-state index contributed by atoms with van der Waals surface area (Å²) in [4.78, 5) is 24.4. The third-order valence-electron chi connectivity index (χ3n) is 5.76. The molecule has 0 atom stereocenters. The van der Waals surface area contributed by atoms with E-state index in [-0.39, 0.29) is 5.91 Å². The van der Waals surface area contributed by atoms with E-state index >= 15 is 0 Å². The Morgan fingerprint density at radius 1 is 1.00 bits per heavy atom. The van der Waals surface area contributed by atoms with Gasteiger partial charge in [0.25, 0.3) is 5.91 Å². The molecule has 0 bridgehead atoms. The number of amidine groups is 1. The Bertz CT molecular complexity index is 1250. The third kappa shape index (κ3) is 3.75. The predicted octanol–water partition coefficient (Wildman–Crippen LogP) is 5.36. The molecule has 5 heteroatoms. The molecule has 0 radical (unpaired) electrons. The van der Waals surface area contributed by atoms with Crippen molar-refractivity contribution in [3.63, 3.8) is 0 Å². The van der Waals surface area contributed by atoms with Gasteiger partial charge in [-0.1, -0.05) is 48.0 Å². The molecule has 4 aromatic rings. The molecule has 1 amide bonds. The number of carbonyl (C=O) groups excluding carboxylic acids is 1. The Balaban J connectivity index is 1.44. The van der Waals surface area contributed by atoms with Crippen LogP contribution in [-0.2, 0) is 6.54 Å². The van der Waals surface area contributed by atoms with Crippen LogP contribution in [0.15, 0.2) is 84.4 Å². The minimum absolute atomic E-state index is 0.00816. The maximum atomic E-state index is 13.6. The van der Waals surface area contributed by atoms with Crippen molar-refractivity contribution in [2.45, 2.75) is 26.3 Å². The third-order valence-corrected chi connectivity index (χ3v) is 5.76. The number of amides is 1. The van der Waals surface area contributed by atoms with Crippen LogP contribution in [0.2, 0.25) is 0 Å². The zero-order valence-corrected chi connectivity index (χ0v) is 17.5. The fourth-order valence-corrected chi connectivity index (χ4v) is 4.12. The van der Waals surface area contributed by atoms with Gasteiger partial charge in [-0.25, -0.2) is 9.98 Å². The predicted molar refractivity (Wildman–Crippen MR) is 124 cm³/mol. The Morgan fingerprint density at radius 2 is 1.81 bits per heavy atom. The van der Waals surface area contributed by atoms with Gasteiger partial charge in [0, 0.05) is 42.0 Å². The SMILES string of the molecule is Cc1ccc(C(=O)N(CCCCn2ccnc2)C2=Nc3cccc4cccc2c34)cc1. The molecule has 3 aromatic carbocycles. The lowest BCUT2D eigenvalue weighted by Gasteiger charge is -2.23. The fourth-order valence-electron chi connectivity index (χ4n) is 4.12. The quantitative estimate of drug-likeness (QED) is 0.403. The van der Waals surface area contributed by atoms with Gasteiger partial charge in [-0.05, 0) is 43.4 Å². The summed E-state index contributed by atoms with van der Waals surface area (Å²) in [6.07, 6.45) is 7.42. The first-order valence-electron chi connectivity index (χ1n) is 10.7. The van der Waals surface area contributed by atoms with E-state index in [2.05, 4.69) is 27.8 Å². The van der Waals surface area contributed by atoms with Crippen molar-refractivity contribution in [2.24, 2.45) is 4.99 Å². The van der Waals surface area contributed by atoms with Gasteiger partial charge in [0.1, 0.15) is 5.84 Å². The molecule has 5 rings (SSSR count). The Morgan fingerprint density at radius 3 is 2.58 bits per heavy atom. The maximum Gasteiger partial charge on any atom is 0.259 e. The Labute approximate surface area is 181 Å². The Hall–Kier alpha value is -3.73. The van der Waals surface area contributed by atoms with Crippen molar-refractivity contribution in [3.05, 3.63) is 96.1 Å². The minimum atomic E-state index is -0.00816. The second-order valence-electron chi connectivity index (χ2n) is 7.95. The van der Waals surface area contributed by atoms with Crippen molar-refractivity contribution in [1.82, 2.24) is 14.5 Å². The summed E-state index contributed by atoms with van der Waals surface area (Å²) < 4.78 is 2.07.